The van der Waals surface area contributed by atoms with Gasteiger partial charge in [-0.25, -0.2) is 0 Å². The second kappa shape index (κ2) is 9.92. The molecule has 0 aliphatic rings. The van der Waals surface area contributed by atoms with Crippen molar-refractivity contribution in [1.29, 1.82) is 0 Å². The van der Waals surface area contributed by atoms with Crippen LogP contribution in [0, 0.1) is 10.1 Å². The molecule has 0 fully saturated rings. The lowest BCUT2D eigenvalue weighted by Crippen LogP contribution is -2.40. The summed E-state index contributed by atoms with van der Waals surface area (Å²) < 4.78 is 0. The molecule has 1 amide bonds. The summed E-state index contributed by atoms with van der Waals surface area (Å²) in [6.45, 7) is 1.23. The Morgan fingerprint density at radius 2 is 2.08 bits per heavy atom. The third kappa shape index (κ3) is 7.46. The van der Waals surface area contributed by atoms with E-state index in [1.54, 1.807) is 0 Å². The van der Waals surface area contributed by atoms with Gasteiger partial charge in [0.2, 0.25) is 5.91 Å². The Morgan fingerprint density at radius 1 is 1.40 bits per heavy atom. The minimum Gasteiger partial charge on any atom is -0.480 e. The zero-order valence-electron chi connectivity index (χ0n) is 14.0. The minimum atomic E-state index is -1.15. The van der Waals surface area contributed by atoms with Gasteiger partial charge in [-0.1, -0.05) is 11.6 Å². The summed E-state index contributed by atoms with van der Waals surface area (Å²) in [7, 11) is 3.82. The number of nitrogens with one attached hydrogen (secondary N) is 2. The number of aliphatic carboxylic acids is 1. The van der Waals surface area contributed by atoms with Crippen LogP contribution in [-0.2, 0) is 9.59 Å². The highest BCUT2D eigenvalue weighted by Gasteiger charge is 2.21. The number of amides is 1. The standard InChI is InChI=1S/C15H21ClN4O5/c1-19(2)7-3-6-17-13(15(22)23)9-14(21)18-12-8-10(20(24)25)4-5-11(12)16/h4-5,8,13,17H,3,6-7,9H2,1-2H3,(H,18,21)(H,22,23). The zero-order valence-corrected chi connectivity index (χ0v) is 14.7. The van der Waals surface area contributed by atoms with Gasteiger partial charge < -0.3 is 20.6 Å². The van der Waals surface area contributed by atoms with E-state index in [0.717, 1.165) is 19.0 Å². The van der Waals surface area contributed by atoms with E-state index in [2.05, 4.69) is 10.6 Å². The average Bonchev–Trinajstić information content (AvgIpc) is 2.51. The maximum atomic E-state index is 12.1. The second-order valence-electron chi connectivity index (χ2n) is 5.68. The van der Waals surface area contributed by atoms with Crippen LogP contribution in [-0.4, -0.2) is 60.0 Å². The number of benzene rings is 1. The topological polar surface area (TPSA) is 125 Å². The van der Waals surface area contributed by atoms with Crippen molar-refractivity contribution in [1.82, 2.24) is 10.2 Å². The van der Waals surface area contributed by atoms with Crippen LogP contribution < -0.4 is 10.6 Å². The third-order valence-corrected chi connectivity index (χ3v) is 3.62. The highest BCUT2D eigenvalue weighted by Crippen LogP contribution is 2.26. The Hall–Kier alpha value is -2.23. The number of anilines is 1. The number of nitro benzene ring substituents is 1. The molecule has 3 N–H and O–H groups in total. The molecule has 1 aromatic carbocycles. The van der Waals surface area contributed by atoms with Gasteiger partial charge in [-0.15, -0.1) is 0 Å². The third-order valence-electron chi connectivity index (χ3n) is 3.30. The highest BCUT2D eigenvalue weighted by molar-refractivity contribution is 6.33. The van der Waals surface area contributed by atoms with Crippen molar-refractivity contribution < 1.29 is 19.6 Å². The van der Waals surface area contributed by atoms with Crippen LogP contribution in [0.2, 0.25) is 5.02 Å². The fourth-order valence-electron chi connectivity index (χ4n) is 2.03. The Bertz CT molecular complexity index is 638. The molecule has 9 nitrogen and oxygen atoms in total. The van der Waals surface area contributed by atoms with Gasteiger partial charge in [0.15, 0.2) is 0 Å². The molecule has 25 heavy (non-hydrogen) atoms. The Kier molecular flexibility index (Phi) is 8.26. The predicted molar refractivity (Wildman–Crippen MR) is 94.0 cm³/mol. The predicted octanol–water partition coefficient (Wildman–Crippen LogP) is 1.57. The van der Waals surface area contributed by atoms with E-state index in [0.29, 0.717) is 6.54 Å². The van der Waals surface area contributed by atoms with E-state index < -0.39 is 22.8 Å². The van der Waals surface area contributed by atoms with E-state index in [-0.39, 0.29) is 22.8 Å². The monoisotopic (exact) mass is 372 g/mol. The largest absolute Gasteiger partial charge is 0.480 e. The molecule has 1 aromatic rings. The summed E-state index contributed by atoms with van der Waals surface area (Å²) in [6.07, 6.45) is 0.408. The molecule has 1 unspecified atom stereocenters. The first-order valence-electron chi connectivity index (χ1n) is 7.55. The zero-order chi connectivity index (χ0) is 19.0. The van der Waals surface area contributed by atoms with Crippen molar-refractivity contribution in [3.8, 4) is 0 Å². The minimum absolute atomic E-state index is 0.0672. The molecule has 0 heterocycles. The van der Waals surface area contributed by atoms with Crippen molar-refractivity contribution >= 4 is 34.9 Å². The average molecular weight is 373 g/mol. The summed E-state index contributed by atoms with van der Waals surface area (Å²) in [5, 5.41) is 25.3. The van der Waals surface area contributed by atoms with E-state index in [9.17, 15) is 24.8 Å². The van der Waals surface area contributed by atoms with E-state index in [1.807, 2.05) is 19.0 Å². The van der Waals surface area contributed by atoms with Crippen LogP contribution in [0.1, 0.15) is 12.8 Å². The molecule has 0 spiro atoms. The number of nitro groups is 1. The molecule has 0 aliphatic carbocycles. The molecule has 0 saturated heterocycles. The lowest BCUT2D eigenvalue weighted by molar-refractivity contribution is -0.384. The maximum Gasteiger partial charge on any atom is 0.321 e. The molecular formula is C15H21ClN4O5. The van der Waals surface area contributed by atoms with Gasteiger partial charge >= 0.3 is 5.97 Å². The van der Waals surface area contributed by atoms with Gasteiger partial charge in [-0.05, 0) is 39.7 Å². The summed E-state index contributed by atoms with van der Waals surface area (Å²) in [5.74, 6) is -1.75. The number of carbonyl (C=O) groups excluding carboxylic acids is 1. The van der Waals surface area contributed by atoms with Crippen LogP contribution in [0.3, 0.4) is 0 Å². The molecule has 0 aromatic heterocycles. The van der Waals surface area contributed by atoms with Gasteiger partial charge in [-0.2, -0.15) is 0 Å². The first-order chi connectivity index (χ1) is 11.7. The number of non-ortho nitro benzene ring substituents is 1. The SMILES string of the molecule is CN(C)CCCNC(CC(=O)Nc1cc([N+](=O)[O-])ccc1Cl)C(=O)O. The molecule has 0 radical (unpaired) electrons. The summed E-state index contributed by atoms with van der Waals surface area (Å²) in [6, 6.07) is 2.58. The van der Waals surface area contributed by atoms with Crippen LogP contribution in [0.5, 0.6) is 0 Å². The van der Waals surface area contributed by atoms with Gasteiger partial charge in [0.1, 0.15) is 6.04 Å². The van der Waals surface area contributed by atoms with Crippen molar-refractivity contribution in [2.24, 2.45) is 0 Å². The molecular weight excluding hydrogens is 352 g/mol. The molecule has 10 heteroatoms. The Morgan fingerprint density at radius 3 is 2.64 bits per heavy atom. The van der Waals surface area contributed by atoms with Gasteiger partial charge in [0.25, 0.3) is 5.69 Å². The Balaban J connectivity index is 2.64. The molecule has 1 atom stereocenters. The maximum absolute atomic E-state index is 12.1. The van der Waals surface area contributed by atoms with Crippen LogP contribution in [0.15, 0.2) is 18.2 Å². The molecule has 138 valence electrons. The number of nitrogens with zero attached hydrogens (tertiary/aromatic N) is 2. The van der Waals surface area contributed by atoms with Crippen molar-refractivity contribution in [3.63, 3.8) is 0 Å². The van der Waals surface area contributed by atoms with Crippen molar-refractivity contribution in [2.75, 3.05) is 32.5 Å². The lowest BCUT2D eigenvalue weighted by Gasteiger charge is -2.16. The van der Waals surface area contributed by atoms with Crippen LogP contribution >= 0.6 is 11.6 Å². The number of hydrogen-bond acceptors (Lipinski definition) is 6. The fourth-order valence-corrected chi connectivity index (χ4v) is 2.19. The van der Waals surface area contributed by atoms with Gasteiger partial charge in [0.05, 0.1) is 22.1 Å². The number of rotatable bonds is 10. The molecule has 0 bridgehead atoms. The number of halogens is 1. The smallest absolute Gasteiger partial charge is 0.321 e. The summed E-state index contributed by atoms with van der Waals surface area (Å²) in [5.41, 5.74) is -0.158. The Labute approximate surface area is 150 Å². The summed E-state index contributed by atoms with van der Waals surface area (Å²) in [4.78, 5) is 35.4. The van der Waals surface area contributed by atoms with Crippen molar-refractivity contribution in [3.05, 3.63) is 33.3 Å². The number of carboxylic acid groups (broad SMARTS) is 1. The fraction of sp³-hybridized carbons (Fsp3) is 0.467. The first-order valence-corrected chi connectivity index (χ1v) is 7.93. The quantitative estimate of drug-likeness (QED) is 0.323. The van der Waals surface area contributed by atoms with E-state index >= 15 is 0 Å². The molecule has 0 aliphatic heterocycles. The van der Waals surface area contributed by atoms with Crippen molar-refractivity contribution in [2.45, 2.75) is 18.9 Å². The molecule has 1 rings (SSSR count). The number of carboxylic acids is 1. The van der Waals surface area contributed by atoms with Crippen LogP contribution in [0.25, 0.3) is 0 Å². The summed E-state index contributed by atoms with van der Waals surface area (Å²) >= 11 is 5.90. The second-order valence-corrected chi connectivity index (χ2v) is 6.08. The highest BCUT2D eigenvalue weighted by atomic mass is 35.5. The number of hydrogen-bond donors (Lipinski definition) is 3. The lowest BCUT2D eigenvalue weighted by atomic mass is 10.2. The molecule has 0 saturated carbocycles. The van der Waals surface area contributed by atoms with E-state index in [4.69, 9.17) is 11.6 Å². The number of carbonyl (C=O) groups is 2. The van der Waals surface area contributed by atoms with E-state index in [1.165, 1.54) is 12.1 Å². The first kappa shape index (κ1) is 20.8. The van der Waals surface area contributed by atoms with Crippen LogP contribution in [0.4, 0.5) is 11.4 Å². The normalized spacial score (nSPS) is 12.0. The van der Waals surface area contributed by atoms with Gasteiger partial charge in [0, 0.05) is 12.1 Å². The van der Waals surface area contributed by atoms with Gasteiger partial charge in [-0.3, -0.25) is 19.7 Å².